The molecule has 130 valence electrons. The lowest BCUT2D eigenvalue weighted by molar-refractivity contribution is 0.249. The highest BCUT2D eigenvalue weighted by atomic mass is 16.5. The lowest BCUT2D eigenvalue weighted by Crippen LogP contribution is -2.24. The fourth-order valence-electron chi connectivity index (χ4n) is 2.51. The molecule has 3 rings (SSSR count). The molecule has 0 unspecified atom stereocenters. The molecule has 0 aliphatic heterocycles. The first-order chi connectivity index (χ1) is 12.7. The Morgan fingerprint density at radius 3 is 2.38 bits per heavy atom. The number of ether oxygens (including phenoxy) is 1. The number of carbonyl (C=O) groups is 1. The highest BCUT2D eigenvalue weighted by Crippen LogP contribution is 2.25. The van der Waals surface area contributed by atoms with Crippen molar-refractivity contribution in [3.05, 3.63) is 90.0 Å². The molecule has 0 heterocycles. The fraction of sp³-hybridized carbons (Fsp3) is 0.0476. The van der Waals surface area contributed by atoms with E-state index in [0.29, 0.717) is 6.61 Å². The SMILES string of the molecule is NC(=O)NN=Cc1ccccc1-c1ccc(OCc2ccccc2)cc1. The molecule has 5 nitrogen and oxygen atoms in total. The molecule has 0 saturated carbocycles. The van der Waals surface area contributed by atoms with Crippen molar-refractivity contribution in [2.24, 2.45) is 10.8 Å². The van der Waals surface area contributed by atoms with Crippen molar-refractivity contribution in [3.8, 4) is 16.9 Å². The van der Waals surface area contributed by atoms with Gasteiger partial charge in [-0.2, -0.15) is 5.10 Å². The minimum atomic E-state index is -0.696. The van der Waals surface area contributed by atoms with E-state index in [4.69, 9.17) is 10.5 Å². The third-order valence-corrected chi connectivity index (χ3v) is 3.75. The maximum absolute atomic E-state index is 10.7. The summed E-state index contributed by atoms with van der Waals surface area (Å²) in [6, 6.07) is 25.0. The number of benzene rings is 3. The monoisotopic (exact) mass is 345 g/mol. The van der Waals surface area contributed by atoms with Gasteiger partial charge in [0.25, 0.3) is 0 Å². The summed E-state index contributed by atoms with van der Waals surface area (Å²) >= 11 is 0. The van der Waals surface area contributed by atoms with Crippen LogP contribution in [0.5, 0.6) is 5.75 Å². The van der Waals surface area contributed by atoms with Crippen molar-refractivity contribution in [3.63, 3.8) is 0 Å². The minimum Gasteiger partial charge on any atom is -0.489 e. The first-order valence-electron chi connectivity index (χ1n) is 8.17. The number of primary amides is 1. The van der Waals surface area contributed by atoms with Crippen molar-refractivity contribution in [2.75, 3.05) is 0 Å². The van der Waals surface area contributed by atoms with Crippen LogP contribution in [0.1, 0.15) is 11.1 Å². The van der Waals surface area contributed by atoms with Crippen LogP contribution in [0.3, 0.4) is 0 Å². The van der Waals surface area contributed by atoms with Crippen molar-refractivity contribution >= 4 is 12.2 Å². The molecule has 26 heavy (non-hydrogen) atoms. The topological polar surface area (TPSA) is 76.7 Å². The summed E-state index contributed by atoms with van der Waals surface area (Å²) in [5.74, 6) is 0.805. The summed E-state index contributed by atoms with van der Waals surface area (Å²) in [4.78, 5) is 10.7. The average Bonchev–Trinajstić information content (AvgIpc) is 2.68. The zero-order chi connectivity index (χ0) is 18.2. The van der Waals surface area contributed by atoms with Gasteiger partial charge in [0.2, 0.25) is 0 Å². The molecule has 0 radical (unpaired) electrons. The second kappa shape index (κ2) is 8.48. The van der Waals surface area contributed by atoms with Gasteiger partial charge in [0, 0.05) is 5.56 Å². The molecule has 0 fully saturated rings. The molecule has 0 aliphatic carbocycles. The Morgan fingerprint density at radius 2 is 1.65 bits per heavy atom. The van der Waals surface area contributed by atoms with Crippen LogP contribution in [0.15, 0.2) is 84.0 Å². The maximum Gasteiger partial charge on any atom is 0.332 e. The number of hydrogen-bond acceptors (Lipinski definition) is 3. The maximum atomic E-state index is 10.7. The van der Waals surface area contributed by atoms with Crippen molar-refractivity contribution in [1.29, 1.82) is 0 Å². The van der Waals surface area contributed by atoms with Crippen LogP contribution in [-0.2, 0) is 6.61 Å². The lowest BCUT2D eigenvalue weighted by atomic mass is 10.0. The first kappa shape index (κ1) is 17.2. The van der Waals surface area contributed by atoms with Gasteiger partial charge in [-0.1, -0.05) is 66.7 Å². The van der Waals surface area contributed by atoms with Gasteiger partial charge in [0.1, 0.15) is 12.4 Å². The number of hydrogen-bond donors (Lipinski definition) is 2. The van der Waals surface area contributed by atoms with Gasteiger partial charge in [0.05, 0.1) is 6.21 Å². The summed E-state index contributed by atoms with van der Waals surface area (Å²) in [5.41, 5.74) is 11.2. The molecule has 2 amide bonds. The summed E-state index contributed by atoms with van der Waals surface area (Å²) in [6.45, 7) is 0.530. The van der Waals surface area contributed by atoms with Gasteiger partial charge < -0.3 is 10.5 Å². The number of hydrazone groups is 1. The third-order valence-electron chi connectivity index (χ3n) is 3.75. The number of amides is 2. The van der Waals surface area contributed by atoms with Gasteiger partial charge in [-0.25, -0.2) is 10.2 Å². The van der Waals surface area contributed by atoms with Crippen LogP contribution >= 0.6 is 0 Å². The number of nitrogens with zero attached hydrogens (tertiary/aromatic N) is 1. The molecular formula is C21H19N3O2. The largest absolute Gasteiger partial charge is 0.489 e. The third kappa shape index (κ3) is 4.70. The van der Waals surface area contributed by atoms with Crippen LogP contribution < -0.4 is 15.9 Å². The van der Waals surface area contributed by atoms with E-state index < -0.39 is 6.03 Å². The van der Waals surface area contributed by atoms with E-state index in [9.17, 15) is 4.79 Å². The Kier molecular flexibility index (Phi) is 5.62. The highest BCUT2D eigenvalue weighted by Gasteiger charge is 2.04. The normalized spacial score (nSPS) is 10.6. The second-order valence-corrected chi connectivity index (χ2v) is 5.62. The van der Waals surface area contributed by atoms with Crippen LogP contribution in [0.2, 0.25) is 0 Å². The standard InChI is InChI=1S/C21H19N3O2/c22-21(25)24-23-14-18-8-4-5-9-20(18)17-10-12-19(13-11-17)26-15-16-6-2-1-3-7-16/h1-14H,15H2,(H3,22,24,25). The molecule has 0 spiro atoms. The van der Waals surface area contributed by atoms with E-state index in [1.54, 1.807) is 6.21 Å². The van der Waals surface area contributed by atoms with Gasteiger partial charge in [-0.15, -0.1) is 0 Å². The summed E-state index contributed by atoms with van der Waals surface area (Å²) < 4.78 is 5.82. The fourth-order valence-corrected chi connectivity index (χ4v) is 2.51. The molecule has 3 N–H and O–H groups in total. The Morgan fingerprint density at radius 1 is 0.962 bits per heavy atom. The van der Waals surface area contributed by atoms with Crippen molar-refractivity contribution in [1.82, 2.24) is 5.43 Å². The molecule has 0 aliphatic rings. The van der Waals surface area contributed by atoms with Gasteiger partial charge in [0.15, 0.2) is 0 Å². The predicted molar refractivity (Wildman–Crippen MR) is 103 cm³/mol. The zero-order valence-electron chi connectivity index (χ0n) is 14.1. The predicted octanol–water partition coefficient (Wildman–Crippen LogP) is 3.93. The zero-order valence-corrected chi connectivity index (χ0v) is 14.1. The van der Waals surface area contributed by atoms with Crippen LogP contribution in [-0.4, -0.2) is 12.2 Å². The van der Waals surface area contributed by atoms with Gasteiger partial charge in [-0.3, -0.25) is 0 Å². The van der Waals surface area contributed by atoms with Crippen molar-refractivity contribution in [2.45, 2.75) is 6.61 Å². The first-order valence-corrected chi connectivity index (χ1v) is 8.17. The van der Waals surface area contributed by atoms with E-state index in [-0.39, 0.29) is 0 Å². The Bertz CT molecular complexity index is 891. The van der Waals surface area contributed by atoms with E-state index in [2.05, 4.69) is 10.5 Å². The van der Waals surface area contributed by atoms with E-state index in [1.807, 2.05) is 78.9 Å². The average molecular weight is 345 g/mol. The highest BCUT2D eigenvalue weighted by molar-refractivity contribution is 5.90. The quantitative estimate of drug-likeness (QED) is 0.524. The van der Waals surface area contributed by atoms with E-state index in [1.165, 1.54) is 0 Å². The Balaban J connectivity index is 1.72. The Hall–Kier alpha value is -3.60. The molecule has 0 bridgehead atoms. The molecule has 3 aromatic carbocycles. The Labute approximate surface area is 152 Å². The summed E-state index contributed by atoms with van der Waals surface area (Å²) in [6.07, 6.45) is 1.57. The molecule has 5 heteroatoms. The summed E-state index contributed by atoms with van der Waals surface area (Å²) in [7, 11) is 0. The minimum absolute atomic E-state index is 0.530. The molecule has 3 aromatic rings. The number of carbonyl (C=O) groups excluding carboxylic acids is 1. The number of nitrogens with two attached hydrogens (primary N) is 1. The molecule has 0 atom stereocenters. The second-order valence-electron chi connectivity index (χ2n) is 5.62. The lowest BCUT2D eigenvalue weighted by Gasteiger charge is -2.09. The van der Waals surface area contributed by atoms with Crippen molar-refractivity contribution < 1.29 is 9.53 Å². The van der Waals surface area contributed by atoms with Gasteiger partial charge in [-0.05, 0) is 28.8 Å². The van der Waals surface area contributed by atoms with E-state index in [0.717, 1.165) is 28.0 Å². The molecule has 0 saturated heterocycles. The van der Waals surface area contributed by atoms with Gasteiger partial charge >= 0.3 is 6.03 Å². The van der Waals surface area contributed by atoms with E-state index >= 15 is 0 Å². The molecular weight excluding hydrogens is 326 g/mol. The number of urea groups is 1. The van der Waals surface area contributed by atoms with Crippen LogP contribution in [0.25, 0.3) is 11.1 Å². The number of rotatable bonds is 6. The smallest absolute Gasteiger partial charge is 0.332 e. The van der Waals surface area contributed by atoms with Crippen LogP contribution in [0.4, 0.5) is 4.79 Å². The number of nitrogens with one attached hydrogen (secondary N) is 1. The van der Waals surface area contributed by atoms with Crippen LogP contribution in [0, 0.1) is 0 Å². The molecule has 0 aromatic heterocycles. The summed E-state index contributed by atoms with van der Waals surface area (Å²) in [5, 5.41) is 3.83.